The summed E-state index contributed by atoms with van der Waals surface area (Å²) in [5, 5.41) is 9.77. The molecule has 2 aromatic rings. The quantitative estimate of drug-likeness (QED) is 0.681. The highest BCUT2D eigenvalue weighted by atomic mass is 32.2. The number of nitrogens with one attached hydrogen (secondary N) is 2. The van der Waals surface area contributed by atoms with E-state index in [0.29, 0.717) is 29.7 Å². The van der Waals surface area contributed by atoms with E-state index in [1.54, 1.807) is 12.1 Å². The highest BCUT2D eigenvalue weighted by Crippen LogP contribution is 2.24. The van der Waals surface area contributed by atoms with E-state index >= 15 is 0 Å². The molecular weight excluding hydrogens is 356 g/mol. The predicted molar refractivity (Wildman–Crippen MR) is 98.8 cm³/mol. The van der Waals surface area contributed by atoms with Crippen LogP contribution in [0.15, 0.2) is 34.2 Å². The molecule has 2 N–H and O–H groups in total. The van der Waals surface area contributed by atoms with Crippen LogP contribution in [-0.2, 0) is 16.1 Å². The second-order valence-electron chi connectivity index (χ2n) is 5.82. The van der Waals surface area contributed by atoms with Crippen LogP contribution in [0.1, 0.15) is 19.8 Å². The summed E-state index contributed by atoms with van der Waals surface area (Å²) in [6, 6.07) is 7.27. The molecule has 140 valence electrons. The van der Waals surface area contributed by atoms with Crippen molar-refractivity contribution >= 4 is 23.4 Å². The van der Waals surface area contributed by atoms with Crippen molar-refractivity contribution in [1.29, 1.82) is 0 Å². The summed E-state index contributed by atoms with van der Waals surface area (Å²) < 4.78 is 12.6. The number of anilines is 1. The number of hydrogen-bond acceptors (Lipinski definition) is 6. The van der Waals surface area contributed by atoms with E-state index in [1.165, 1.54) is 16.3 Å². The molecule has 1 amide bonds. The summed E-state index contributed by atoms with van der Waals surface area (Å²) in [6.45, 7) is 3.58. The topological polar surface area (TPSA) is 98.2 Å². The van der Waals surface area contributed by atoms with Gasteiger partial charge in [-0.1, -0.05) is 23.9 Å². The van der Waals surface area contributed by atoms with Gasteiger partial charge < -0.3 is 14.8 Å². The SMILES string of the molecule is CCOc1ccccc1NC(=O)CSc1n[nH]c(=O)n1C[C@@H]1CCCO1. The van der Waals surface area contributed by atoms with Crippen LogP contribution < -0.4 is 15.7 Å². The number of aromatic nitrogens is 3. The van der Waals surface area contributed by atoms with Crippen molar-refractivity contribution in [2.24, 2.45) is 0 Å². The molecule has 1 saturated heterocycles. The largest absolute Gasteiger partial charge is 0.492 e. The summed E-state index contributed by atoms with van der Waals surface area (Å²) in [5.41, 5.74) is 0.337. The van der Waals surface area contributed by atoms with Crippen LogP contribution in [0.25, 0.3) is 0 Å². The number of para-hydroxylation sites is 2. The highest BCUT2D eigenvalue weighted by molar-refractivity contribution is 7.99. The first kappa shape index (κ1) is 18.5. The van der Waals surface area contributed by atoms with Crippen molar-refractivity contribution in [1.82, 2.24) is 14.8 Å². The van der Waals surface area contributed by atoms with Crippen LogP contribution in [0.3, 0.4) is 0 Å². The Morgan fingerprint density at radius 3 is 3.12 bits per heavy atom. The minimum absolute atomic E-state index is 0.0246. The standard InChI is InChI=1S/C17H22N4O4S/c1-2-24-14-8-4-3-7-13(14)18-15(22)11-26-17-20-19-16(23)21(17)10-12-6-5-9-25-12/h3-4,7-8,12H,2,5-6,9-11H2,1H3,(H,18,22)(H,19,23)/t12-/m0/s1. The zero-order valence-electron chi connectivity index (χ0n) is 14.6. The lowest BCUT2D eigenvalue weighted by Crippen LogP contribution is -2.25. The molecule has 1 aliphatic rings. The molecule has 1 aliphatic heterocycles. The van der Waals surface area contributed by atoms with E-state index in [0.717, 1.165) is 19.4 Å². The van der Waals surface area contributed by atoms with Gasteiger partial charge in [-0.2, -0.15) is 0 Å². The third-order valence-electron chi connectivity index (χ3n) is 3.93. The number of rotatable bonds is 8. The number of thioether (sulfide) groups is 1. The van der Waals surface area contributed by atoms with Gasteiger partial charge in [0.05, 0.1) is 30.7 Å². The smallest absolute Gasteiger partial charge is 0.344 e. The minimum Gasteiger partial charge on any atom is -0.492 e. The fourth-order valence-electron chi connectivity index (χ4n) is 2.73. The first-order chi connectivity index (χ1) is 12.7. The lowest BCUT2D eigenvalue weighted by molar-refractivity contribution is -0.113. The van der Waals surface area contributed by atoms with Gasteiger partial charge in [0, 0.05) is 6.61 Å². The highest BCUT2D eigenvalue weighted by Gasteiger charge is 2.20. The van der Waals surface area contributed by atoms with Crippen LogP contribution in [-0.4, -0.2) is 45.7 Å². The fraction of sp³-hybridized carbons (Fsp3) is 0.471. The average molecular weight is 378 g/mol. The molecule has 1 aromatic carbocycles. The van der Waals surface area contributed by atoms with E-state index in [4.69, 9.17) is 9.47 Å². The number of benzene rings is 1. The van der Waals surface area contributed by atoms with E-state index in [1.807, 2.05) is 19.1 Å². The van der Waals surface area contributed by atoms with Crippen LogP contribution in [0.5, 0.6) is 5.75 Å². The summed E-state index contributed by atoms with van der Waals surface area (Å²) in [4.78, 5) is 24.2. The molecule has 0 saturated carbocycles. The van der Waals surface area contributed by atoms with E-state index < -0.39 is 0 Å². The Balaban J connectivity index is 1.59. The van der Waals surface area contributed by atoms with Gasteiger partial charge in [0.25, 0.3) is 0 Å². The molecule has 0 radical (unpaired) electrons. The molecule has 1 atom stereocenters. The van der Waals surface area contributed by atoms with Gasteiger partial charge in [-0.25, -0.2) is 9.89 Å². The first-order valence-electron chi connectivity index (χ1n) is 8.58. The molecule has 0 bridgehead atoms. The number of H-pyrrole nitrogens is 1. The minimum atomic E-state index is -0.287. The second kappa shape index (κ2) is 8.91. The Morgan fingerprint density at radius 2 is 2.35 bits per heavy atom. The van der Waals surface area contributed by atoms with Crippen molar-refractivity contribution in [3.8, 4) is 5.75 Å². The van der Waals surface area contributed by atoms with Crippen LogP contribution in [0.2, 0.25) is 0 Å². The number of aromatic amines is 1. The summed E-state index contributed by atoms with van der Waals surface area (Å²) in [6.07, 6.45) is 1.95. The van der Waals surface area contributed by atoms with E-state index in [-0.39, 0.29) is 23.5 Å². The van der Waals surface area contributed by atoms with Gasteiger partial charge in [-0.15, -0.1) is 5.10 Å². The molecule has 9 heteroatoms. The molecule has 0 aliphatic carbocycles. The number of nitrogens with zero attached hydrogens (tertiary/aromatic N) is 2. The normalized spacial score (nSPS) is 16.6. The lowest BCUT2D eigenvalue weighted by Gasteiger charge is -2.12. The Bertz CT molecular complexity index is 798. The second-order valence-corrected chi connectivity index (χ2v) is 6.77. The maximum Gasteiger partial charge on any atom is 0.344 e. The Labute approximate surface area is 155 Å². The van der Waals surface area contributed by atoms with Gasteiger partial charge in [0.2, 0.25) is 5.91 Å². The van der Waals surface area contributed by atoms with Crippen molar-refractivity contribution in [2.45, 2.75) is 37.6 Å². The maximum atomic E-state index is 12.3. The van der Waals surface area contributed by atoms with Gasteiger partial charge in [0.1, 0.15) is 5.75 Å². The van der Waals surface area contributed by atoms with Crippen molar-refractivity contribution < 1.29 is 14.3 Å². The molecule has 2 heterocycles. The fourth-order valence-corrected chi connectivity index (χ4v) is 3.49. The van der Waals surface area contributed by atoms with Crippen molar-refractivity contribution in [3.63, 3.8) is 0 Å². The summed E-state index contributed by atoms with van der Waals surface area (Å²) in [5.74, 6) is 0.570. The van der Waals surface area contributed by atoms with Gasteiger partial charge in [-0.3, -0.25) is 9.36 Å². The monoisotopic (exact) mass is 378 g/mol. The lowest BCUT2D eigenvalue weighted by atomic mass is 10.2. The Kier molecular flexibility index (Phi) is 6.35. The van der Waals surface area contributed by atoms with E-state index in [9.17, 15) is 9.59 Å². The Morgan fingerprint density at radius 1 is 1.50 bits per heavy atom. The molecule has 8 nitrogen and oxygen atoms in total. The predicted octanol–water partition coefficient (Wildman–Crippen LogP) is 1.88. The molecule has 0 unspecified atom stereocenters. The number of ether oxygens (including phenoxy) is 2. The number of carbonyl (C=O) groups excluding carboxylic acids is 1. The molecule has 1 fully saturated rings. The first-order valence-corrected chi connectivity index (χ1v) is 9.57. The molecule has 0 spiro atoms. The molecule has 26 heavy (non-hydrogen) atoms. The van der Waals surface area contributed by atoms with E-state index in [2.05, 4.69) is 15.5 Å². The van der Waals surface area contributed by atoms with Gasteiger partial charge in [-0.05, 0) is 31.9 Å². The number of amides is 1. The zero-order valence-corrected chi connectivity index (χ0v) is 15.4. The third-order valence-corrected chi connectivity index (χ3v) is 4.90. The third kappa shape index (κ3) is 4.67. The van der Waals surface area contributed by atoms with Gasteiger partial charge in [0.15, 0.2) is 5.16 Å². The van der Waals surface area contributed by atoms with Crippen molar-refractivity contribution in [2.75, 3.05) is 24.3 Å². The van der Waals surface area contributed by atoms with Crippen LogP contribution in [0.4, 0.5) is 5.69 Å². The summed E-state index contributed by atoms with van der Waals surface area (Å²) in [7, 11) is 0. The Hall–Kier alpha value is -2.26. The van der Waals surface area contributed by atoms with Gasteiger partial charge >= 0.3 is 5.69 Å². The zero-order chi connectivity index (χ0) is 18.4. The van der Waals surface area contributed by atoms with Crippen molar-refractivity contribution in [3.05, 3.63) is 34.7 Å². The molecule has 1 aromatic heterocycles. The number of hydrogen-bond donors (Lipinski definition) is 2. The van der Waals surface area contributed by atoms with Crippen LogP contribution >= 0.6 is 11.8 Å². The molecular formula is C17H22N4O4S. The number of carbonyl (C=O) groups is 1. The average Bonchev–Trinajstić information content (AvgIpc) is 3.26. The molecule has 3 rings (SSSR count). The maximum absolute atomic E-state index is 12.3. The van der Waals surface area contributed by atoms with Crippen LogP contribution in [0, 0.1) is 0 Å². The summed E-state index contributed by atoms with van der Waals surface area (Å²) >= 11 is 1.21.